The first kappa shape index (κ1) is 14.2. The largest absolute Gasteiger partial charge is 0.419 e. The molecule has 0 aromatic heterocycles. The molecule has 86 valence electrons. The first-order chi connectivity index (χ1) is 6.32. The second-order valence-corrected chi connectivity index (χ2v) is 3.03. The summed E-state index contributed by atoms with van der Waals surface area (Å²) < 4.78 is 49.4. The molecule has 0 bridgehead atoms. The Morgan fingerprint density at radius 1 is 1.27 bits per heavy atom. The quantitative estimate of drug-likeness (QED) is 0.753. The minimum Gasteiger partial charge on any atom is -0.324 e. The van der Waals surface area contributed by atoms with Crippen LogP contribution in [0.25, 0.3) is 0 Å². The van der Waals surface area contributed by atoms with Gasteiger partial charge in [-0.1, -0.05) is 6.07 Å². The summed E-state index contributed by atoms with van der Waals surface area (Å²) in [6.45, 7) is 1.54. The first-order valence-electron chi connectivity index (χ1n) is 3.94. The van der Waals surface area contributed by atoms with Gasteiger partial charge in [0.05, 0.1) is 5.56 Å². The Balaban J connectivity index is 0.00000196. The van der Waals surface area contributed by atoms with Crippen molar-refractivity contribution in [2.45, 2.75) is 19.1 Å². The van der Waals surface area contributed by atoms with E-state index in [1.54, 1.807) is 0 Å². The number of nitrogens with two attached hydrogens (primary N) is 1. The molecule has 0 aliphatic rings. The maximum absolute atomic E-state index is 12.8. The summed E-state index contributed by atoms with van der Waals surface area (Å²) in [5.41, 5.74) is 4.38. The molecule has 0 saturated heterocycles. The Labute approximate surface area is 90.7 Å². The van der Waals surface area contributed by atoms with Crippen molar-refractivity contribution in [3.05, 3.63) is 35.1 Å². The van der Waals surface area contributed by atoms with E-state index in [2.05, 4.69) is 0 Å². The number of hydrogen-bond donors (Lipinski definition) is 1. The second kappa shape index (κ2) is 4.81. The van der Waals surface area contributed by atoms with Gasteiger partial charge in [-0.2, -0.15) is 13.2 Å². The summed E-state index contributed by atoms with van der Waals surface area (Å²) in [4.78, 5) is 0. The highest BCUT2D eigenvalue weighted by Gasteiger charge is 2.34. The van der Waals surface area contributed by atoms with Crippen LogP contribution in [0.3, 0.4) is 0 Å². The molecule has 0 unspecified atom stereocenters. The van der Waals surface area contributed by atoms with Gasteiger partial charge in [0, 0.05) is 6.04 Å². The fourth-order valence-corrected chi connectivity index (χ4v) is 1.04. The molecule has 1 nitrogen and oxygen atoms in total. The normalized spacial score (nSPS) is 13.2. The molecule has 15 heavy (non-hydrogen) atoms. The topological polar surface area (TPSA) is 26.0 Å². The molecule has 2 N–H and O–H groups in total. The van der Waals surface area contributed by atoms with E-state index in [1.165, 1.54) is 13.0 Å². The van der Waals surface area contributed by atoms with Crippen LogP contribution < -0.4 is 5.73 Å². The molecular formula is C9H10ClF4N. The van der Waals surface area contributed by atoms with E-state index in [0.29, 0.717) is 0 Å². The second-order valence-electron chi connectivity index (χ2n) is 3.03. The summed E-state index contributed by atoms with van der Waals surface area (Å²) in [6.07, 6.45) is -4.67. The van der Waals surface area contributed by atoms with Crippen LogP contribution in [0.1, 0.15) is 24.1 Å². The maximum atomic E-state index is 12.8. The molecule has 6 heteroatoms. The molecule has 0 aliphatic carbocycles. The van der Waals surface area contributed by atoms with Gasteiger partial charge in [-0.25, -0.2) is 4.39 Å². The minimum atomic E-state index is -4.67. The highest BCUT2D eigenvalue weighted by atomic mass is 35.5. The van der Waals surface area contributed by atoms with Gasteiger partial charge < -0.3 is 5.73 Å². The summed E-state index contributed by atoms with van der Waals surface area (Å²) >= 11 is 0. The molecule has 1 rings (SSSR count). The van der Waals surface area contributed by atoms with Crippen LogP contribution in [-0.4, -0.2) is 0 Å². The Kier molecular flexibility index (Phi) is 4.55. The van der Waals surface area contributed by atoms with Gasteiger partial charge in [-0.3, -0.25) is 0 Å². The van der Waals surface area contributed by atoms with Crippen molar-refractivity contribution in [1.82, 2.24) is 0 Å². The molecule has 0 heterocycles. The van der Waals surface area contributed by atoms with E-state index in [0.717, 1.165) is 12.1 Å². The number of hydrogen-bond acceptors (Lipinski definition) is 1. The van der Waals surface area contributed by atoms with E-state index in [-0.39, 0.29) is 18.0 Å². The average Bonchev–Trinajstić information content (AvgIpc) is 2.02. The molecular weight excluding hydrogens is 234 g/mol. The Morgan fingerprint density at radius 3 is 2.20 bits per heavy atom. The highest BCUT2D eigenvalue weighted by molar-refractivity contribution is 5.85. The number of benzene rings is 1. The predicted molar refractivity (Wildman–Crippen MR) is 51.3 cm³/mol. The van der Waals surface area contributed by atoms with Crippen molar-refractivity contribution in [3.63, 3.8) is 0 Å². The van der Waals surface area contributed by atoms with Gasteiger partial charge in [0.25, 0.3) is 0 Å². The van der Waals surface area contributed by atoms with Gasteiger partial charge in [0.2, 0.25) is 0 Å². The standard InChI is InChI=1S/C9H9F4N.ClH/c1-5(14)6-2-3-8(10)7(4-6)9(11,12)13;/h2-5H,14H2,1H3;1H/t5-;/m0./s1. The Morgan fingerprint density at radius 2 is 1.80 bits per heavy atom. The molecule has 1 aromatic carbocycles. The van der Waals surface area contributed by atoms with Crippen molar-refractivity contribution in [2.24, 2.45) is 5.73 Å². The third kappa shape index (κ3) is 3.35. The van der Waals surface area contributed by atoms with Gasteiger partial charge >= 0.3 is 6.18 Å². The zero-order valence-electron chi connectivity index (χ0n) is 7.81. The smallest absolute Gasteiger partial charge is 0.324 e. The lowest BCUT2D eigenvalue weighted by atomic mass is 10.1. The van der Waals surface area contributed by atoms with Crippen molar-refractivity contribution in [2.75, 3.05) is 0 Å². The number of halogens is 5. The SMILES string of the molecule is C[C@H](N)c1ccc(F)c(C(F)(F)F)c1.Cl. The molecule has 0 saturated carbocycles. The lowest BCUT2D eigenvalue weighted by molar-refractivity contribution is -0.140. The monoisotopic (exact) mass is 243 g/mol. The number of rotatable bonds is 1. The highest BCUT2D eigenvalue weighted by Crippen LogP contribution is 2.32. The lowest BCUT2D eigenvalue weighted by Crippen LogP contribution is -2.11. The molecule has 0 aliphatic heterocycles. The van der Waals surface area contributed by atoms with Gasteiger partial charge in [-0.15, -0.1) is 12.4 Å². The predicted octanol–water partition coefficient (Wildman–Crippen LogP) is 3.29. The van der Waals surface area contributed by atoms with Crippen molar-refractivity contribution < 1.29 is 17.6 Å². The van der Waals surface area contributed by atoms with Crippen LogP contribution >= 0.6 is 12.4 Å². The summed E-state index contributed by atoms with van der Waals surface area (Å²) in [5, 5.41) is 0. The average molecular weight is 244 g/mol. The molecule has 0 radical (unpaired) electrons. The summed E-state index contributed by atoms with van der Waals surface area (Å²) in [7, 11) is 0. The fourth-order valence-electron chi connectivity index (χ4n) is 1.04. The van der Waals surface area contributed by atoms with Crippen LogP contribution in [-0.2, 0) is 6.18 Å². The van der Waals surface area contributed by atoms with Gasteiger partial charge in [0.15, 0.2) is 0 Å². The van der Waals surface area contributed by atoms with Gasteiger partial charge in [0.1, 0.15) is 5.82 Å². The van der Waals surface area contributed by atoms with Crippen LogP contribution in [0.2, 0.25) is 0 Å². The molecule has 1 aromatic rings. The molecule has 1 atom stereocenters. The minimum absolute atomic E-state index is 0. The van der Waals surface area contributed by atoms with Crippen LogP contribution in [0, 0.1) is 5.82 Å². The third-order valence-corrected chi connectivity index (χ3v) is 1.82. The van der Waals surface area contributed by atoms with Crippen molar-refractivity contribution in [3.8, 4) is 0 Å². The van der Waals surface area contributed by atoms with Gasteiger partial charge in [-0.05, 0) is 24.6 Å². The third-order valence-electron chi connectivity index (χ3n) is 1.82. The Hall–Kier alpha value is -0.810. The lowest BCUT2D eigenvalue weighted by Gasteiger charge is -2.11. The van der Waals surface area contributed by atoms with E-state index >= 15 is 0 Å². The van der Waals surface area contributed by atoms with Crippen LogP contribution in [0.5, 0.6) is 0 Å². The zero-order chi connectivity index (χ0) is 10.9. The fraction of sp³-hybridized carbons (Fsp3) is 0.333. The zero-order valence-corrected chi connectivity index (χ0v) is 8.62. The Bertz CT molecular complexity index is 335. The van der Waals surface area contributed by atoms with Crippen molar-refractivity contribution >= 4 is 12.4 Å². The molecule has 0 amide bonds. The van der Waals surface area contributed by atoms with Crippen LogP contribution in [0.15, 0.2) is 18.2 Å². The summed E-state index contributed by atoms with van der Waals surface area (Å²) in [5.74, 6) is -1.28. The van der Waals surface area contributed by atoms with E-state index in [1.807, 2.05) is 0 Å². The van der Waals surface area contributed by atoms with E-state index in [4.69, 9.17) is 5.73 Å². The number of alkyl halides is 3. The maximum Gasteiger partial charge on any atom is 0.419 e. The molecule has 0 spiro atoms. The molecule has 0 fully saturated rings. The first-order valence-corrected chi connectivity index (χ1v) is 3.94. The van der Waals surface area contributed by atoms with Crippen molar-refractivity contribution in [1.29, 1.82) is 0 Å². The van der Waals surface area contributed by atoms with Crippen LogP contribution in [0.4, 0.5) is 17.6 Å². The van der Waals surface area contributed by atoms with E-state index in [9.17, 15) is 17.6 Å². The van der Waals surface area contributed by atoms with E-state index < -0.39 is 23.6 Å². The summed E-state index contributed by atoms with van der Waals surface area (Å²) in [6, 6.07) is 2.22.